The number of carbonyl (C=O) groups is 3. The van der Waals surface area contributed by atoms with Crippen LogP contribution in [0, 0.1) is 5.92 Å². The third-order valence-corrected chi connectivity index (χ3v) is 6.82. The molecule has 1 unspecified atom stereocenters. The Morgan fingerprint density at radius 1 is 1.03 bits per heavy atom. The normalized spacial score (nSPS) is 16.6. The summed E-state index contributed by atoms with van der Waals surface area (Å²) >= 11 is 0. The minimum atomic E-state index is -1.14. The molecule has 2 aromatic rings. The molecule has 1 aliphatic heterocycles. The van der Waals surface area contributed by atoms with Gasteiger partial charge in [-0.3, -0.25) is 9.59 Å². The van der Waals surface area contributed by atoms with Gasteiger partial charge >= 0.3 is 12.1 Å². The van der Waals surface area contributed by atoms with E-state index >= 15 is 0 Å². The standard InChI is InChI=1S/C26H30N2O5/c1-2-17-11-13-28(14-12-17)25(31)23(15-24(29)30)27-26(32)33-16-22-20-9-5-3-7-18(20)19-8-4-6-10-21(19)22/h3-10,17,22-23H,2,11-16H2,1H3,(H,27,32)(H,29,30). The third kappa shape index (κ3) is 5.02. The van der Waals surface area contributed by atoms with Crippen molar-refractivity contribution in [2.24, 2.45) is 5.92 Å². The quantitative estimate of drug-likeness (QED) is 0.664. The van der Waals surface area contributed by atoms with E-state index in [9.17, 15) is 19.5 Å². The number of aliphatic carboxylic acids is 1. The minimum absolute atomic E-state index is 0.107. The van der Waals surface area contributed by atoms with Gasteiger partial charge in [0.2, 0.25) is 5.91 Å². The zero-order valence-electron chi connectivity index (χ0n) is 18.8. The Morgan fingerprint density at radius 2 is 1.61 bits per heavy atom. The number of alkyl carbamates (subject to hydrolysis) is 1. The fraction of sp³-hybridized carbons (Fsp3) is 0.423. The second-order valence-corrected chi connectivity index (χ2v) is 8.80. The van der Waals surface area contributed by atoms with Gasteiger partial charge in [0, 0.05) is 19.0 Å². The SMILES string of the molecule is CCC1CCN(C(=O)C(CC(=O)O)NC(=O)OCC2c3ccccc3-c3ccccc32)CC1. The average Bonchev–Trinajstić information content (AvgIpc) is 3.15. The number of rotatable bonds is 7. The number of hydrogen-bond donors (Lipinski definition) is 2. The summed E-state index contributed by atoms with van der Waals surface area (Å²) in [4.78, 5) is 38.6. The topological polar surface area (TPSA) is 95.9 Å². The molecule has 1 atom stereocenters. The van der Waals surface area contributed by atoms with Gasteiger partial charge in [-0.05, 0) is 41.0 Å². The zero-order chi connectivity index (χ0) is 23.4. The van der Waals surface area contributed by atoms with Gasteiger partial charge in [0.05, 0.1) is 6.42 Å². The van der Waals surface area contributed by atoms with Crippen molar-refractivity contribution in [1.29, 1.82) is 0 Å². The number of nitrogens with one attached hydrogen (secondary N) is 1. The maximum absolute atomic E-state index is 12.9. The lowest BCUT2D eigenvalue weighted by molar-refractivity contribution is -0.143. The molecule has 2 N–H and O–H groups in total. The van der Waals surface area contributed by atoms with Crippen LogP contribution in [0.5, 0.6) is 0 Å². The molecule has 0 spiro atoms. The Morgan fingerprint density at radius 3 is 2.15 bits per heavy atom. The molecule has 1 heterocycles. The Labute approximate surface area is 193 Å². The number of piperidine rings is 1. The van der Waals surface area contributed by atoms with Crippen LogP contribution >= 0.6 is 0 Å². The summed E-state index contributed by atoms with van der Waals surface area (Å²) in [5.74, 6) is -1.02. The first-order chi connectivity index (χ1) is 16.0. The Bertz CT molecular complexity index is 983. The molecular formula is C26H30N2O5. The van der Waals surface area contributed by atoms with Crippen LogP contribution in [0.4, 0.5) is 4.79 Å². The van der Waals surface area contributed by atoms with Crippen LogP contribution in [0.3, 0.4) is 0 Å². The van der Waals surface area contributed by atoms with E-state index in [4.69, 9.17) is 4.74 Å². The van der Waals surface area contributed by atoms with E-state index in [-0.39, 0.29) is 18.4 Å². The summed E-state index contributed by atoms with van der Waals surface area (Å²) in [5.41, 5.74) is 4.42. The lowest BCUT2D eigenvalue weighted by atomic mass is 9.94. The maximum atomic E-state index is 12.9. The molecule has 0 bridgehead atoms. The smallest absolute Gasteiger partial charge is 0.407 e. The van der Waals surface area contributed by atoms with Gasteiger partial charge in [-0.25, -0.2) is 4.79 Å². The number of carboxylic acid groups (broad SMARTS) is 1. The molecule has 174 valence electrons. The number of amides is 2. The summed E-state index contributed by atoms with van der Waals surface area (Å²) in [6.45, 7) is 3.41. The van der Waals surface area contributed by atoms with E-state index in [1.807, 2.05) is 36.4 Å². The molecule has 2 amide bonds. The molecule has 2 aliphatic rings. The van der Waals surface area contributed by atoms with Gasteiger partial charge in [0.25, 0.3) is 0 Å². The molecule has 1 fully saturated rings. The van der Waals surface area contributed by atoms with E-state index < -0.39 is 24.5 Å². The molecule has 4 rings (SSSR count). The highest BCUT2D eigenvalue weighted by atomic mass is 16.5. The predicted molar refractivity (Wildman–Crippen MR) is 124 cm³/mol. The fourth-order valence-corrected chi connectivity index (χ4v) is 4.94. The largest absolute Gasteiger partial charge is 0.481 e. The summed E-state index contributed by atoms with van der Waals surface area (Å²) in [6, 6.07) is 14.9. The summed E-state index contributed by atoms with van der Waals surface area (Å²) < 4.78 is 5.51. The van der Waals surface area contributed by atoms with Crippen molar-refractivity contribution in [3.05, 3.63) is 59.7 Å². The highest BCUT2D eigenvalue weighted by Gasteiger charge is 2.32. The number of carboxylic acids is 1. The molecule has 0 saturated carbocycles. The van der Waals surface area contributed by atoms with Gasteiger partial charge in [-0.15, -0.1) is 0 Å². The number of fused-ring (bicyclic) bond motifs is 3. The van der Waals surface area contributed by atoms with Crippen LogP contribution in [0.25, 0.3) is 11.1 Å². The first-order valence-electron chi connectivity index (χ1n) is 11.6. The van der Waals surface area contributed by atoms with Gasteiger partial charge < -0.3 is 20.1 Å². The van der Waals surface area contributed by atoms with E-state index in [0.29, 0.717) is 19.0 Å². The second-order valence-electron chi connectivity index (χ2n) is 8.80. The van der Waals surface area contributed by atoms with Crippen molar-refractivity contribution in [2.45, 2.75) is 44.6 Å². The van der Waals surface area contributed by atoms with Crippen molar-refractivity contribution >= 4 is 18.0 Å². The number of nitrogens with zero attached hydrogens (tertiary/aromatic N) is 1. The van der Waals surface area contributed by atoms with E-state index in [2.05, 4.69) is 24.4 Å². The lowest BCUT2D eigenvalue weighted by Crippen LogP contribution is -2.51. The number of likely N-dealkylation sites (tertiary alicyclic amines) is 1. The Hall–Kier alpha value is -3.35. The third-order valence-electron chi connectivity index (χ3n) is 6.82. The minimum Gasteiger partial charge on any atom is -0.481 e. The van der Waals surface area contributed by atoms with Crippen LogP contribution < -0.4 is 5.32 Å². The Kier molecular flexibility index (Phi) is 6.96. The lowest BCUT2D eigenvalue weighted by Gasteiger charge is -2.33. The van der Waals surface area contributed by atoms with Gasteiger partial charge in [0.1, 0.15) is 12.6 Å². The number of carbonyl (C=O) groups excluding carboxylic acids is 2. The van der Waals surface area contributed by atoms with Crippen molar-refractivity contribution in [3.63, 3.8) is 0 Å². The summed E-state index contributed by atoms with van der Waals surface area (Å²) in [6.07, 6.45) is 1.61. The van der Waals surface area contributed by atoms with Gasteiger partial charge in [-0.2, -0.15) is 0 Å². The van der Waals surface area contributed by atoms with Gasteiger partial charge in [-0.1, -0.05) is 61.9 Å². The van der Waals surface area contributed by atoms with Crippen LogP contribution in [-0.4, -0.2) is 53.7 Å². The summed E-state index contributed by atoms with van der Waals surface area (Å²) in [7, 11) is 0. The van der Waals surface area contributed by atoms with Crippen LogP contribution in [-0.2, 0) is 14.3 Å². The monoisotopic (exact) mass is 450 g/mol. The first-order valence-corrected chi connectivity index (χ1v) is 11.6. The fourth-order valence-electron chi connectivity index (χ4n) is 4.94. The Balaban J connectivity index is 1.40. The van der Waals surface area contributed by atoms with Crippen molar-refractivity contribution in [2.75, 3.05) is 19.7 Å². The van der Waals surface area contributed by atoms with E-state index in [1.165, 1.54) is 0 Å². The molecule has 1 saturated heterocycles. The average molecular weight is 451 g/mol. The highest BCUT2D eigenvalue weighted by Crippen LogP contribution is 2.44. The van der Waals surface area contributed by atoms with E-state index in [1.54, 1.807) is 4.90 Å². The van der Waals surface area contributed by atoms with Crippen LogP contribution in [0.15, 0.2) is 48.5 Å². The molecular weight excluding hydrogens is 420 g/mol. The molecule has 2 aromatic carbocycles. The maximum Gasteiger partial charge on any atom is 0.407 e. The highest BCUT2D eigenvalue weighted by molar-refractivity contribution is 5.89. The molecule has 33 heavy (non-hydrogen) atoms. The number of ether oxygens (including phenoxy) is 1. The van der Waals surface area contributed by atoms with Crippen LogP contribution in [0.1, 0.15) is 49.7 Å². The van der Waals surface area contributed by atoms with Gasteiger partial charge in [0.15, 0.2) is 0 Å². The molecule has 1 aliphatic carbocycles. The molecule has 0 aromatic heterocycles. The molecule has 7 nitrogen and oxygen atoms in total. The van der Waals surface area contributed by atoms with Crippen molar-refractivity contribution < 1.29 is 24.2 Å². The predicted octanol–water partition coefficient (Wildman–Crippen LogP) is 4.02. The summed E-state index contributed by atoms with van der Waals surface area (Å²) in [5, 5.41) is 11.8. The molecule has 7 heteroatoms. The van der Waals surface area contributed by atoms with Crippen molar-refractivity contribution in [3.8, 4) is 11.1 Å². The van der Waals surface area contributed by atoms with E-state index in [0.717, 1.165) is 41.5 Å². The zero-order valence-corrected chi connectivity index (χ0v) is 18.8. The molecule has 0 radical (unpaired) electrons. The second kappa shape index (κ2) is 10.1. The first kappa shape index (κ1) is 22.8. The number of hydrogen-bond acceptors (Lipinski definition) is 4. The van der Waals surface area contributed by atoms with Crippen LogP contribution in [0.2, 0.25) is 0 Å². The van der Waals surface area contributed by atoms with Crippen molar-refractivity contribution in [1.82, 2.24) is 10.2 Å². The number of benzene rings is 2.